The van der Waals surface area contributed by atoms with Crippen LogP contribution >= 0.6 is 0 Å². The van der Waals surface area contributed by atoms with Gasteiger partial charge < -0.3 is 19.1 Å². The molecule has 0 atom stereocenters. The Morgan fingerprint density at radius 2 is 1.66 bits per heavy atom. The smallest absolute Gasteiger partial charge is 0.337 e. The highest BCUT2D eigenvalue weighted by atomic mass is 16.5. The normalized spacial score (nSPS) is 17.2. The molecule has 0 aliphatic carbocycles. The molecule has 0 radical (unpaired) electrons. The van der Waals surface area contributed by atoms with E-state index in [4.69, 9.17) is 14.2 Å². The Hall–Kier alpha value is -3.02. The van der Waals surface area contributed by atoms with E-state index in [2.05, 4.69) is 0 Å². The average molecular weight is 395 g/mol. The number of carbonyl (C=O) groups is 2. The first-order chi connectivity index (χ1) is 14.0. The van der Waals surface area contributed by atoms with Gasteiger partial charge in [0.2, 0.25) is 0 Å². The lowest BCUT2D eigenvalue weighted by Gasteiger charge is -2.44. The molecule has 2 aromatic carbocycles. The van der Waals surface area contributed by atoms with Gasteiger partial charge in [-0.2, -0.15) is 0 Å². The first kappa shape index (κ1) is 19.3. The van der Waals surface area contributed by atoms with E-state index in [1.807, 2.05) is 11.0 Å². The van der Waals surface area contributed by atoms with Gasteiger partial charge in [-0.25, -0.2) is 4.79 Å². The van der Waals surface area contributed by atoms with Crippen LogP contribution in [0.2, 0.25) is 0 Å². The van der Waals surface area contributed by atoms with Gasteiger partial charge in [0.15, 0.2) is 0 Å². The number of amides is 1. The number of esters is 1. The standard InChI is InChI=1S/C23H25NO5/c1-27-19-7-5-17(6-8-19)21(25)24-13-11-23(12-14-24)10-9-16-3-4-18(22(26)28-2)15-20(16)29-23/h3-8,15H,9-14H2,1-2H3. The third-order valence-corrected chi connectivity index (χ3v) is 5.96. The summed E-state index contributed by atoms with van der Waals surface area (Å²) in [6.45, 7) is 1.30. The van der Waals surface area contributed by atoms with Crippen molar-refractivity contribution in [1.29, 1.82) is 0 Å². The number of fused-ring (bicyclic) bond motifs is 1. The van der Waals surface area contributed by atoms with Gasteiger partial charge in [-0.1, -0.05) is 6.07 Å². The molecule has 1 saturated heterocycles. The zero-order valence-electron chi connectivity index (χ0n) is 16.8. The summed E-state index contributed by atoms with van der Waals surface area (Å²) >= 11 is 0. The van der Waals surface area contributed by atoms with E-state index in [0.29, 0.717) is 24.2 Å². The Morgan fingerprint density at radius 1 is 0.966 bits per heavy atom. The lowest BCUT2D eigenvalue weighted by atomic mass is 9.82. The second kappa shape index (κ2) is 7.78. The molecule has 29 heavy (non-hydrogen) atoms. The molecule has 0 unspecified atom stereocenters. The van der Waals surface area contributed by atoms with E-state index in [-0.39, 0.29) is 17.5 Å². The summed E-state index contributed by atoms with van der Waals surface area (Å²) in [5.74, 6) is 1.16. The predicted octanol–water partition coefficient (Wildman–Crippen LogP) is 3.48. The molecular formula is C23H25NO5. The molecule has 1 fully saturated rings. The number of ether oxygens (including phenoxy) is 3. The summed E-state index contributed by atoms with van der Waals surface area (Å²) in [4.78, 5) is 26.5. The van der Waals surface area contributed by atoms with Crippen molar-refractivity contribution in [2.75, 3.05) is 27.3 Å². The summed E-state index contributed by atoms with van der Waals surface area (Å²) in [7, 11) is 2.98. The SMILES string of the molecule is COC(=O)c1ccc2c(c1)OC1(CC2)CCN(C(=O)c2ccc(OC)cc2)CC1. The molecule has 0 N–H and O–H groups in total. The summed E-state index contributed by atoms with van der Waals surface area (Å²) < 4.78 is 16.4. The van der Waals surface area contributed by atoms with E-state index >= 15 is 0 Å². The molecule has 0 aromatic heterocycles. The molecule has 2 aromatic rings. The number of nitrogens with zero attached hydrogens (tertiary/aromatic N) is 1. The van der Waals surface area contributed by atoms with Crippen LogP contribution in [0.4, 0.5) is 0 Å². The van der Waals surface area contributed by atoms with Gasteiger partial charge in [0, 0.05) is 31.5 Å². The number of aryl methyl sites for hydroxylation is 1. The van der Waals surface area contributed by atoms with Crippen molar-refractivity contribution < 1.29 is 23.8 Å². The second-order valence-electron chi connectivity index (χ2n) is 7.62. The number of rotatable bonds is 3. The monoisotopic (exact) mass is 395 g/mol. The van der Waals surface area contributed by atoms with Gasteiger partial charge >= 0.3 is 5.97 Å². The lowest BCUT2D eigenvalue weighted by molar-refractivity contribution is -0.0108. The first-order valence-corrected chi connectivity index (χ1v) is 9.87. The van der Waals surface area contributed by atoms with Gasteiger partial charge in [0.05, 0.1) is 19.8 Å². The van der Waals surface area contributed by atoms with Crippen LogP contribution in [-0.2, 0) is 11.2 Å². The minimum Gasteiger partial charge on any atom is -0.497 e. The third-order valence-electron chi connectivity index (χ3n) is 5.96. The van der Waals surface area contributed by atoms with Crippen LogP contribution in [0.25, 0.3) is 0 Å². The number of carbonyl (C=O) groups excluding carboxylic acids is 2. The Morgan fingerprint density at radius 3 is 2.31 bits per heavy atom. The molecule has 0 saturated carbocycles. The van der Waals surface area contributed by atoms with Gasteiger partial charge in [-0.05, 0) is 54.8 Å². The molecule has 2 aliphatic heterocycles. The van der Waals surface area contributed by atoms with E-state index in [0.717, 1.165) is 42.7 Å². The first-order valence-electron chi connectivity index (χ1n) is 9.87. The Kier molecular flexibility index (Phi) is 5.18. The number of methoxy groups -OCH3 is 2. The number of benzene rings is 2. The molecule has 1 amide bonds. The Balaban J connectivity index is 1.43. The summed E-state index contributed by atoms with van der Waals surface area (Å²) in [6, 6.07) is 12.7. The molecule has 6 heteroatoms. The third kappa shape index (κ3) is 3.79. The van der Waals surface area contributed by atoms with Crippen molar-refractivity contribution in [3.05, 3.63) is 59.2 Å². The van der Waals surface area contributed by atoms with Crippen LogP contribution in [0, 0.1) is 0 Å². The zero-order chi connectivity index (χ0) is 20.4. The van der Waals surface area contributed by atoms with Crippen molar-refractivity contribution in [3.8, 4) is 11.5 Å². The topological polar surface area (TPSA) is 65.1 Å². The van der Waals surface area contributed by atoms with Crippen LogP contribution in [0.1, 0.15) is 45.5 Å². The lowest BCUT2D eigenvalue weighted by Crippen LogP contribution is -2.51. The van der Waals surface area contributed by atoms with E-state index in [1.54, 1.807) is 43.5 Å². The number of likely N-dealkylation sites (tertiary alicyclic amines) is 1. The molecule has 4 rings (SSSR count). The van der Waals surface area contributed by atoms with Gasteiger partial charge in [-0.15, -0.1) is 0 Å². The van der Waals surface area contributed by atoms with Crippen LogP contribution in [0.15, 0.2) is 42.5 Å². The van der Waals surface area contributed by atoms with E-state index in [9.17, 15) is 9.59 Å². The van der Waals surface area contributed by atoms with Crippen molar-refractivity contribution in [2.45, 2.75) is 31.3 Å². The molecule has 1 spiro atoms. The fourth-order valence-corrected chi connectivity index (χ4v) is 4.13. The van der Waals surface area contributed by atoms with Crippen LogP contribution in [0.3, 0.4) is 0 Å². The molecule has 2 heterocycles. The summed E-state index contributed by atoms with van der Waals surface area (Å²) in [5.41, 5.74) is 1.99. The van der Waals surface area contributed by atoms with E-state index < -0.39 is 0 Å². The summed E-state index contributed by atoms with van der Waals surface area (Å²) in [6.07, 6.45) is 3.37. The minimum absolute atomic E-state index is 0.0340. The second-order valence-corrected chi connectivity index (χ2v) is 7.62. The Labute approximate surface area is 170 Å². The molecule has 152 valence electrons. The largest absolute Gasteiger partial charge is 0.497 e. The van der Waals surface area contributed by atoms with Crippen molar-refractivity contribution >= 4 is 11.9 Å². The van der Waals surface area contributed by atoms with Crippen LogP contribution < -0.4 is 9.47 Å². The van der Waals surface area contributed by atoms with Crippen LogP contribution in [0.5, 0.6) is 11.5 Å². The van der Waals surface area contributed by atoms with E-state index in [1.165, 1.54) is 7.11 Å². The molecule has 2 aliphatic rings. The Bertz CT molecular complexity index is 913. The predicted molar refractivity (Wildman–Crippen MR) is 108 cm³/mol. The van der Waals surface area contributed by atoms with Crippen molar-refractivity contribution in [1.82, 2.24) is 4.90 Å². The zero-order valence-corrected chi connectivity index (χ0v) is 16.8. The van der Waals surface area contributed by atoms with Gasteiger partial charge in [0.25, 0.3) is 5.91 Å². The molecule has 0 bridgehead atoms. The minimum atomic E-state index is -0.365. The maximum atomic E-state index is 12.8. The number of hydrogen-bond acceptors (Lipinski definition) is 5. The maximum absolute atomic E-state index is 12.8. The quantitative estimate of drug-likeness (QED) is 0.745. The number of hydrogen-bond donors (Lipinski definition) is 0. The number of piperidine rings is 1. The molecule has 6 nitrogen and oxygen atoms in total. The van der Waals surface area contributed by atoms with Gasteiger partial charge in [0.1, 0.15) is 17.1 Å². The molecular weight excluding hydrogens is 370 g/mol. The highest BCUT2D eigenvalue weighted by molar-refractivity contribution is 5.94. The van der Waals surface area contributed by atoms with Crippen molar-refractivity contribution in [3.63, 3.8) is 0 Å². The maximum Gasteiger partial charge on any atom is 0.337 e. The fraction of sp³-hybridized carbons (Fsp3) is 0.391. The fourth-order valence-electron chi connectivity index (χ4n) is 4.13. The summed E-state index contributed by atoms with van der Waals surface area (Å²) in [5, 5.41) is 0. The van der Waals surface area contributed by atoms with Crippen LogP contribution in [-0.4, -0.2) is 49.7 Å². The average Bonchev–Trinajstić information content (AvgIpc) is 2.78. The van der Waals surface area contributed by atoms with Gasteiger partial charge in [-0.3, -0.25) is 4.79 Å². The highest BCUT2D eigenvalue weighted by Crippen LogP contribution is 2.40. The van der Waals surface area contributed by atoms with Crippen molar-refractivity contribution in [2.24, 2.45) is 0 Å². The highest BCUT2D eigenvalue weighted by Gasteiger charge is 2.40.